The van der Waals surface area contributed by atoms with E-state index in [2.05, 4.69) is 47.7 Å². The number of hydrogen-bond donors (Lipinski definition) is 3. The van der Waals surface area contributed by atoms with Crippen molar-refractivity contribution in [3.05, 3.63) is 123 Å². The molecule has 9 nitrogen and oxygen atoms in total. The normalized spacial score (nSPS) is 16.4. The molecule has 0 fully saturated rings. The molecule has 3 N–H and O–H groups in total. The summed E-state index contributed by atoms with van der Waals surface area (Å²) < 4.78 is 9.97. The molecule has 53 heavy (non-hydrogen) atoms. The van der Waals surface area contributed by atoms with Crippen LogP contribution in [-0.2, 0) is 31.1 Å². The van der Waals surface area contributed by atoms with E-state index in [0.29, 0.717) is 29.8 Å². The lowest BCUT2D eigenvalue weighted by Crippen LogP contribution is -2.18. The third-order valence-corrected chi connectivity index (χ3v) is 10.3. The monoisotopic (exact) mass is 710 g/mol. The number of allylic oxidation sites excluding steroid dienone is 4. The van der Waals surface area contributed by atoms with E-state index in [1.54, 1.807) is 13.0 Å². The average Bonchev–Trinajstić information content (AvgIpc) is 3.78. The van der Waals surface area contributed by atoms with Gasteiger partial charge in [-0.15, -0.1) is 0 Å². The number of carbonyl (C=O) groups excluding carboxylic acids is 2. The van der Waals surface area contributed by atoms with Gasteiger partial charge in [-0.05, 0) is 105 Å². The number of aliphatic hydroxyl groups is 1. The first-order chi connectivity index (χ1) is 25.3. The molecule has 4 aromatic rings. The maximum Gasteiger partial charge on any atom is 0.305 e. The first kappa shape index (κ1) is 37.0. The van der Waals surface area contributed by atoms with Gasteiger partial charge < -0.3 is 24.5 Å². The summed E-state index contributed by atoms with van der Waals surface area (Å²) in [5, 5.41) is 12.2. The smallest absolute Gasteiger partial charge is 0.305 e. The number of aromatic amines is 2. The second-order valence-corrected chi connectivity index (χ2v) is 13.8. The Hall–Kier alpha value is -5.80. The first-order valence-electron chi connectivity index (χ1n) is 17.7. The molecule has 9 heteroatoms. The minimum absolute atomic E-state index is 0.189. The van der Waals surface area contributed by atoms with Crippen LogP contribution in [0.2, 0.25) is 0 Å². The Morgan fingerprint density at radius 3 is 2.11 bits per heavy atom. The van der Waals surface area contributed by atoms with Crippen LogP contribution in [0.1, 0.15) is 89.3 Å². The fourth-order valence-corrected chi connectivity index (χ4v) is 7.00. The number of rotatable bonds is 9. The standard InChI is InChI=1S/C44H46N4O5/c1-9-30-26(3)34-21-35-27(4)31(17-19-42(49)52-7)37(45-35)23-38-32(18-20-43(50)53-8)28(5)36(46-38)22-40-33(12-10-11-29-15-13-25(2)14-16-29)44(6,51)41(48-40)24-39(30)47-34/h9-16,21-24,46-47,51H,1,17-20H2,2-8H3/b11-10+,33-12-,34-21?,35-21?,36-22?,37-23?,38-23?,39-24?,40-22?,41-24?. The zero-order chi connectivity index (χ0) is 38.0. The lowest BCUT2D eigenvalue weighted by molar-refractivity contribution is -0.141. The van der Waals surface area contributed by atoms with E-state index in [9.17, 15) is 14.7 Å². The number of nitrogens with zero attached hydrogens (tertiary/aromatic N) is 2. The highest BCUT2D eigenvalue weighted by Gasteiger charge is 2.36. The molecule has 0 spiro atoms. The molecule has 5 heterocycles. The maximum absolute atomic E-state index is 12.3. The van der Waals surface area contributed by atoms with Gasteiger partial charge in [0.05, 0.1) is 37.0 Å². The van der Waals surface area contributed by atoms with Crippen LogP contribution in [0.4, 0.5) is 0 Å². The van der Waals surface area contributed by atoms with E-state index >= 15 is 0 Å². The van der Waals surface area contributed by atoms with Gasteiger partial charge in [0.2, 0.25) is 0 Å². The lowest BCUT2D eigenvalue weighted by atomic mass is 9.92. The highest BCUT2D eigenvalue weighted by atomic mass is 16.5. The first-order valence-corrected chi connectivity index (χ1v) is 17.7. The molecule has 1 aromatic carbocycles. The number of esters is 2. The molecule has 0 amide bonds. The summed E-state index contributed by atoms with van der Waals surface area (Å²) >= 11 is 0. The zero-order valence-electron chi connectivity index (χ0n) is 31.4. The highest BCUT2D eigenvalue weighted by Crippen LogP contribution is 2.41. The molecule has 3 aromatic heterocycles. The van der Waals surface area contributed by atoms with Crippen molar-refractivity contribution >= 4 is 62.9 Å². The number of H-pyrrole nitrogens is 2. The molecule has 0 saturated carbocycles. The van der Waals surface area contributed by atoms with Gasteiger partial charge in [-0.1, -0.05) is 60.7 Å². The van der Waals surface area contributed by atoms with Crippen LogP contribution in [0.5, 0.6) is 0 Å². The van der Waals surface area contributed by atoms with Crippen LogP contribution in [0.15, 0.2) is 67.3 Å². The Morgan fingerprint density at radius 1 is 0.811 bits per heavy atom. The number of aromatic nitrogens is 4. The number of methoxy groups -OCH3 is 2. The van der Waals surface area contributed by atoms with Crippen LogP contribution < -0.4 is 0 Å². The highest BCUT2D eigenvalue weighted by molar-refractivity contribution is 5.94. The van der Waals surface area contributed by atoms with E-state index in [0.717, 1.165) is 72.4 Å². The molecule has 2 aliphatic rings. The number of benzene rings is 1. The van der Waals surface area contributed by atoms with Crippen molar-refractivity contribution < 1.29 is 24.2 Å². The fourth-order valence-electron chi connectivity index (χ4n) is 7.00. The Balaban J connectivity index is 1.68. The molecular formula is C44H46N4O5. The second-order valence-electron chi connectivity index (χ2n) is 13.8. The van der Waals surface area contributed by atoms with Crippen molar-refractivity contribution in [2.45, 2.75) is 65.9 Å². The average molecular weight is 711 g/mol. The van der Waals surface area contributed by atoms with Crippen molar-refractivity contribution in [2.24, 2.45) is 0 Å². The van der Waals surface area contributed by atoms with Gasteiger partial charge in [0.25, 0.3) is 0 Å². The van der Waals surface area contributed by atoms with Crippen molar-refractivity contribution in [3.63, 3.8) is 0 Å². The summed E-state index contributed by atoms with van der Waals surface area (Å²) in [7, 11) is 2.77. The Bertz CT molecular complexity index is 2390. The number of aryl methyl sites for hydroxylation is 4. The summed E-state index contributed by atoms with van der Waals surface area (Å²) in [4.78, 5) is 41.9. The predicted octanol–water partition coefficient (Wildman–Crippen LogP) is 8.88. The van der Waals surface area contributed by atoms with Crippen molar-refractivity contribution in [1.82, 2.24) is 19.9 Å². The Morgan fingerprint density at radius 2 is 1.43 bits per heavy atom. The molecule has 0 saturated heterocycles. The van der Waals surface area contributed by atoms with Gasteiger partial charge in [0.1, 0.15) is 5.60 Å². The third-order valence-electron chi connectivity index (χ3n) is 10.3. The van der Waals surface area contributed by atoms with Crippen LogP contribution >= 0.6 is 0 Å². The van der Waals surface area contributed by atoms with Gasteiger partial charge in [-0.3, -0.25) is 9.59 Å². The molecule has 1 atom stereocenters. The van der Waals surface area contributed by atoms with Gasteiger partial charge in [-0.2, -0.15) is 0 Å². The molecule has 272 valence electrons. The van der Waals surface area contributed by atoms with Crippen molar-refractivity contribution in [3.8, 4) is 0 Å². The molecule has 0 radical (unpaired) electrons. The molecule has 2 aliphatic heterocycles. The molecule has 8 bridgehead atoms. The van der Waals surface area contributed by atoms with E-state index < -0.39 is 5.60 Å². The lowest BCUT2D eigenvalue weighted by Gasteiger charge is -2.18. The van der Waals surface area contributed by atoms with Gasteiger partial charge in [0.15, 0.2) is 0 Å². The minimum Gasteiger partial charge on any atom is -0.469 e. The molecular weight excluding hydrogens is 665 g/mol. The molecule has 6 rings (SSSR count). The van der Waals surface area contributed by atoms with Crippen LogP contribution in [0, 0.1) is 20.8 Å². The Kier molecular flexibility index (Phi) is 10.5. The van der Waals surface area contributed by atoms with E-state index in [1.165, 1.54) is 19.8 Å². The number of fused-ring (bicyclic) bond motifs is 8. The summed E-state index contributed by atoms with van der Waals surface area (Å²) in [6.45, 7) is 13.9. The fraction of sp³-hybridized carbons (Fsp3) is 0.273. The van der Waals surface area contributed by atoms with Gasteiger partial charge >= 0.3 is 11.9 Å². The van der Waals surface area contributed by atoms with Crippen LogP contribution in [0.25, 0.3) is 50.9 Å². The van der Waals surface area contributed by atoms with Gasteiger partial charge in [-0.25, -0.2) is 9.97 Å². The van der Waals surface area contributed by atoms with Crippen LogP contribution in [0.3, 0.4) is 0 Å². The number of carbonyl (C=O) groups is 2. The van der Waals surface area contributed by atoms with E-state index in [-0.39, 0.29) is 24.8 Å². The third kappa shape index (κ3) is 7.43. The Labute approximate surface area is 309 Å². The van der Waals surface area contributed by atoms with Crippen molar-refractivity contribution in [2.75, 3.05) is 14.2 Å². The molecule has 0 aliphatic carbocycles. The topological polar surface area (TPSA) is 130 Å². The minimum atomic E-state index is -1.44. The summed E-state index contributed by atoms with van der Waals surface area (Å²) in [6.07, 6.45) is 8.91. The van der Waals surface area contributed by atoms with Crippen LogP contribution in [-0.4, -0.2) is 51.2 Å². The number of ether oxygens (including phenoxy) is 2. The second kappa shape index (κ2) is 15.0. The number of hydrogen-bond acceptors (Lipinski definition) is 7. The molecule has 1 unspecified atom stereocenters. The maximum atomic E-state index is 12.3. The quantitative estimate of drug-likeness (QED) is 0.148. The zero-order valence-corrected chi connectivity index (χ0v) is 31.4. The number of nitrogens with one attached hydrogen (secondary N) is 2. The summed E-state index contributed by atoms with van der Waals surface area (Å²) in [6, 6.07) is 16.1. The summed E-state index contributed by atoms with van der Waals surface area (Å²) in [5.41, 5.74) is 12.7. The van der Waals surface area contributed by atoms with Gasteiger partial charge in [0, 0.05) is 46.0 Å². The largest absolute Gasteiger partial charge is 0.469 e. The SMILES string of the molecule is C=Cc1c(C)c2cc3nc(cc4[nH]c(cc5nc(cc1[nH]2)C(C)(O)/C5=C\C=C\c1ccc(C)cc1)c(C)c4CCC(=O)OC)C(CCC(=O)OC)=C3C. The predicted molar refractivity (Wildman–Crippen MR) is 212 cm³/mol. The van der Waals surface area contributed by atoms with E-state index in [1.807, 2.05) is 63.3 Å². The summed E-state index contributed by atoms with van der Waals surface area (Å²) in [5.74, 6) is -0.612. The van der Waals surface area contributed by atoms with Crippen molar-refractivity contribution in [1.29, 1.82) is 0 Å². The van der Waals surface area contributed by atoms with E-state index in [4.69, 9.17) is 19.4 Å².